The third kappa shape index (κ3) is 3.44. The molecule has 1 aromatic carbocycles. The van der Waals surface area contributed by atoms with Gasteiger partial charge < -0.3 is 19.3 Å². The molecule has 2 aromatic rings. The van der Waals surface area contributed by atoms with Gasteiger partial charge in [0.25, 0.3) is 0 Å². The number of benzene rings is 1. The summed E-state index contributed by atoms with van der Waals surface area (Å²) in [7, 11) is 3.16. The minimum Gasteiger partial charge on any atom is -0.497 e. The Morgan fingerprint density at radius 2 is 1.96 bits per heavy atom. The summed E-state index contributed by atoms with van der Waals surface area (Å²) in [6.07, 6.45) is 3.05. The molecule has 0 unspecified atom stereocenters. The van der Waals surface area contributed by atoms with E-state index in [1.54, 1.807) is 32.4 Å². The number of nitrogens with zero attached hydrogens (tertiary/aromatic N) is 2. The molecule has 23 heavy (non-hydrogen) atoms. The van der Waals surface area contributed by atoms with Crippen LogP contribution in [0.25, 0.3) is 11.4 Å². The molecule has 0 atom stereocenters. The number of carbonyl (C=O) groups is 1. The van der Waals surface area contributed by atoms with E-state index in [0.29, 0.717) is 23.2 Å². The predicted molar refractivity (Wildman–Crippen MR) is 82.0 cm³/mol. The lowest BCUT2D eigenvalue weighted by atomic mass is 9.85. The molecule has 0 aliphatic heterocycles. The van der Waals surface area contributed by atoms with Crippen molar-refractivity contribution in [1.29, 1.82) is 0 Å². The van der Waals surface area contributed by atoms with Crippen molar-refractivity contribution in [3.63, 3.8) is 0 Å². The molecule has 7 nitrogen and oxygen atoms in total. The van der Waals surface area contributed by atoms with Gasteiger partial charge in [0.05, 0.1) is 20.8 Å². The van der Waals surface area contributed by atoms with Gasteiger partial charge in [0.15, 0.2) is 0 Å². The van der Waals surface area contributed by atoms with Gasteiger partial charge in [-0.3, -0.25) is 4.79 Å². The maximum atomic E-state index is 11.8. The Labute approximate surface area is 134 Å². The fraction of sp³-hybridized carbons (Fsp3) is 0.438. The highest BCUT2D eigenvalue weighted by atomic mass is 16.5. The van der Waals surface area contributed by atoms with Gasteiger partial charge in [-0.1, -0.05) is 11.6 Å². The molecule has 1 saturated carbocycles. The Bertz CT molecular complexity index is 672. The van der Waals surface area contributed by atoms with E-state index >= 15 is 0 Å². The van der Waals surface area contributed by atoms with Crippen LogP contribution in [0, 0.1) is 5.92 Å². The molecule has 0 radical (unpaired) electrons. The fourth-order valence-electron chi connectivity index (χ4n) is 2.36. The second-order valence-electron chi connectivity index (χ2n) is 5.46. The number of ether oxygens (including phenoxy) is 2. The maximum Gasteiger partial charge on any atom is 0.246 e. The molecule has 1 N–H and O–H groups in total. The first-order chi connectivity index (χ1) is 11.2. The van der Waals surface area contributed by atoms with Crippen LogP contribution in [0.4, 0.5) is 0 Å². The van der Waals surface area contributed by atoms with Crippen LogP contribution in [0.2, 0.25) is 0 Å². The largest absolute Gasteiger partial charge is 0.497 e. The van der Waals surface area contributed by atoms with Crippen molar-refractivity contribution in [2.24, 2.45) is 5.92 Å². The summed E-state index contributed by atoms with van der Waals surface area (Å²) < 4.78 is 15.6. The van der Waals surface area contributed by atoms with E-state index in [0.717, 1.165) is 24.8 Å². The lowest BCUT2D eigenvalue weighted by Gasteiger charge is -2.23. The van der Waals surface area contributed by atoms with Crippen LogP contribution < -0.4 is 14.8 Å². The topological polar surface area (TPSA) is 86.5 Å². The molecule has 122 valence electrons. The number of hydrogen-bond donors (Lipinski definition) is 1. The number of amides is 1. The normalized spacial score (nSPS) is 14.2. The van der Waals surface area contributed by atoms with Gasteiger partial charge in [0.1, 0.15) is 11.5 Å². The second-order valence-corrected chi connectivity index (χ2v) is 5.46. The molecular formula is C16H19N3O4. The minimum atomic E-state index is 0.0547. The Hall–Kier alpha value is -2.57. The van der Waals surface area contributed by atoms with Crippen LogP contribution in [-0.2, 0) is 11.3 Å². The second kappa shape index (κ2) is 6.68. The molecule has 1 heterocycles. The number of carbonyl (C=O) groups excluding carboxylic acids is 1. The summed E-state index contributed by atoms with van der Waals surface area (Å²) in [5.41, 5.74) is 0.724. The van der Waals surface area contributed by atoms with E-state index in [2.05, 4.69) is 15.5 Å². The van der Waals surface area contributed by atoms with Gasteiger partial charge in [-0.15, -0.1) is 0 Å². The lowest BCUT2D eigenvalue weighted by Crippen LogP contribution is -2.34. The number of rotatable bonds is 6. The average molecular weight is 317 g/mol. The molecule has 1 fully saturated rings. The van der Waals surface area contributed by atoms with Crippen molar-refractivity contribution >= 4 is 5.91 Å². The van der Waals surface area contributed by atoms with Crippen molar-refractivity contribution in [3.8, 4) is 22.9 Å². The number of nitrogens with one attached hydrogen (secondary N) is 1. The van der Waals surface area contributed by atoms with E-state index in [1.165, 1.54) is 0 Å². The van der Waals surface area contributed by atoms with Crippen molar-refractivity contribution in [3.05, 3.63) is 24.1 Å². The quantitative estimate of drug-likeness (QED) is 0.878. The molecule has 1 aliphatic rings. The smallest absolute Gasteiger partial charge is 0.246 e. The van der Waals surface area contributed by atoms with E-state index in [9.17, 15) is 4.79 Å². The highest BCUT2D eigenvalue weighted by Crippen LogP contribution is 2.28. The monoisotopic (exact) mass is 317 g/mol. The first-order valence-corrected chi connectivity index (χ1v) is 7.53. The molecule has 7 heteroatoms. The lowest BCUT2D eigenvalue weighted by molar-refractivity contribution is -0.127. The van der Waals surface area contributed by atoms with Gasteiger partial charge in [0.2, 0.25) is 17.6 Å². The average Bonchev–Trinajstić information content (AvgIpc) is 2.99. The van der Waals surface area contributed by atoms with Crippen LogP contribution >= 0.6 is 0 Å². The zero-order chi connectivity index (χ0) is 16.2. The molecule has 0 bridgehead atoms. The van der Waals surface area contributed by atoms with E-state index in [-0.39, 0.29) is 18.4 Å². The zero-order valence-electron chi connectivity index (χ0n) is 13.2. The standard InChI is InChI=1S/C16H19N3O4/c1-21-12-6-11(7-13(8-12)22-2)15-18-14(23-19-15)9-17-16(20)10-4-3-5-10/h6-8,10H,3-5,9H2,1-2H3,(H,17,20). The summed E-state index contributed by atoms with van der Waals surface area (Å²) in [6.45, 7) is 0.240. The fourth-order valence-corrected chi connectivity index (χ4v) is 2.36. The summed E-state index contributed by atoms with van der Waals surface area (Å²) in [5.74, 6) is 2.27. The Kier molecular flexibility index (Phi) is 4.45. The van der Waals surface area contributed by atoms with Gasteiger partial charge in [0, 0.05) is 17.5 Å². The van der Waals surface area contributed by atoms with Crippen LogP contribution in [0.15, 0.2) is 22.7 Å². The number of methoxy groups -OCH3 is 2. The molecule has 1 aromatic heterocycles. The molecule has 0 spiro atoms. The Morgan fingerprint density at radius 1 is 1.26 bits per heavy atom. The first-order valence-electron chi connectivity index (χ1n) is 7.53. The van der Waals surface area contributed by atoms with Crippen LogP contribution in [-0.4, -0.2) is 30.3 Å². The highest BCUT2D eigenvalue weighted by Gasteiger charge is 2.25. The third-order valence-electron chi connectivity index (χ3n) is 3.97. The van der Waals surface area contributed by atoms with Crippen LogP contribution in [0.1, 0.15) is 25.2 Å². The summed E-state index contributed by atoms with van der Waals surface area (Å²) >= 11 is 0. The molecule has 0 saturated heterocycles. The Balaban J connectivity index is 1.69. The van der Waals surface area contributed by atoms with Crippen molar-refractivity contribution in [1.82, 2.24) is 15.5 Å². The van der Waals surface area contributed by atoms with Gasteiger partial charge in [-0.25, -0.2) is 0 Å². The van der Waals surface area contributed by atoms with E-state index < -0.39 is 0 Å². The van der Waals surface area contributed by atoms with Crippen LogP contribution in [0.3, 0.4) is 0 Å². The highest BCUT2D eigenvalue weighted by molar-refractivity contribution is 5.79. The number of hydrogen-bond acceptors (Lipinski definition) is 6. The molecule has 3 rings (SSSR count). The van der Waals surface area contributed by atoms with Gasteiger partial charge in [-0.05, 0) is 25.0 Å². The molecule has 1 amide bonds. The third-order valence-corrected chi connectivity index (χ3v) is 3.97. The van der Waals surface area contributed by atoms with E-state index in [4.69, 9.17) is 14.0 Å². The van der Waals surface area contributed by atoms with Gasteiger partial charge in [-0.2, -0.15) is 4.98 Å². The van der Waals surface area contributed by atoms with Gasteiger partial charge >= 0.3 is 0 Å². The van der Waals surface area contributed by atoms with Crippen molar-refractivity contribution in [2.75, 3.05) is 14.2 Å². The van der Waals surface area contributed by atoms with E-state index in [1.807, 2.05) is 0 Å². The summed E-state index contributed by atoms with van der Waals surface area (Å²) in [4.78, 5) is 16.1. The summed E-state index contributed by atoms with van der Waals surface area (Å²) in [5, 5.41) is 6.77. The van der Waals surface area contributed by atoms with Crippen LogP contribution in [0.5, 0.6) is 11.5 Å². The minimum absolute atomic E-state index is 0.0547. The SMILES string of the molecule is COc1cc(OC)cc(-c2noc(CNC(=O)C3CCC3)n2)c1. The van der Waals surface area contributed by atoms with Crippen molar-refractivity contribution < 1.29 is 18.8 Å². The zero-order valence-corrected chi connectivity index (χ0v) is 13.2. The van der Waals surface area contributed by atoms with Crippen molar-refractivity contribution in [2.45, 2.75) is 25.8 Å². The Morgan fingerprint density at radius 3 is 2.52 bits per heavy atom. The maximum absolute atomic E-state index is 11.8. The molecular weight excluding hydrogens is 298 g/mol. The number of aromatic nitrogens is 2. The molecule has 1 aliphatic carbocycles. The first kappa shape index (κ1) is 15.3. The summed E-state index contributed by atoms with van der Waals surface area (Å²) in [6, 6.07) is 5.36. The predicted octanol–water partition coefficient (Wildman–Crippen LogP) is 2.17.